The lowest BCUT2D eigenvalue weighted by atomic mass is 9.92. The first-order valence-corrected chi connectivity index (χ1v) is 8.98. The molecule has 1 amide bonds. The van der Waals surface area contributed by atoms with E-state index in [1.54, 1.807) is 19.2 Å². The Kier molecular flexibility index (Phi) is 5.52. The number of hydrogen-bond donors (Lipinski definition) is 1. The largest absolute Gasteiger partial charge is 0.340 e. The lowest BCUT2D eigenvalue weighted by Gasteiger charge is -2.37. The minimum atomic E-state index is 0.0345. The molecule has 1 N–H and O–H groups in total. The highest BCUT2D eigenvalue weighted by Crippen LogP contribution is 2.30. The van der Waals surface area contributed by atoms with Crippen molar-refractivity contribution in [3.05, 3.63) is 53.7 Å². The van der Waals surface area contributed by atoms with Crippen LogP contribution in [-0.4, -0.2) is 38.3 Å². The summed E-state index contributed by atoms with van der Waals surface area (Å²) in [4.78, 5) is 27.0. The Morgan fingerprint density at radius 1 is 1.38 bits per heavy atom. The van der Waals surface area contributed by atoms with Crippen LogP contribution in [0.15, 0.2) is 37.1 Å². The average molecular weight is 372 g/mol. The Balaban J connectivity index is 1.83. The summed E-state index contributed by atoms with van der Waals surface area (Å²) in [6, 6.07) is 5.57. The van der Waals surface area contributed by atoms with Crippen LogP contribution in [0.25, 0.3) is 0 Å². The third kappa shape index (κ3) is 4.19. The third-order valence-electron chi connectivity index (χ3n) is 4.55. The number of piperidine rings is 1. The van der Waals surface area contributed by atoms with Crippen molar-refractivity contribution < 1.29 is 4.79 Å². The van der Waals surface area contributed by atoms with Gasteiger partial charge in [-0.1, -0.05) is 17.7 Å². The summed E-state index contributed by atoms with van der Waals surface area (Å²) in [7, 11) is 0. The number of halogens is 1. The van der Waals surface area contributed by atoms with Crippen molar-refractivity contribution in [1.82, 2.24) is 19.9 Å². The number of aromatic nitrogens is 3. The molecule has 6 nitrogen and oxygen atoms in total. The Bertz CT molecular complexity index is 825. The maximum absolute atomic E-state index is 11.9. The zero-order valence-electron chi connectivity index (χ0n) is 14.9. The Labute approximate surface area is 158 Å². The van der Waals surface area contributed by atoms with Crippen molar-refractivity contribution >= 4 is 29.0 Å². The number of hydrogen-bond acceptors (Lipinski definition) is 5. The second kappa shape index (κ2) is 7.83. The van der Waals surface area contributed by atoms with Crippen LogP contribution in [0.2, 0.25) is 5.15 Å². The van der Waals surface area contributed by atoms with Gasteiger partial charge in [0, 0.05) is 49.1 Å². The number of nitrogens with zero attached hydrogens (tertiary/aromatic N) is 4. The van der Waals surface area contributed by atoms with Gasteiger partial charge < -0.3 is 10.2 Å². The highest BCUT2D eigenvalue weighted by molar-refractivity contribution is 6.29. The Morgan fingerprint density at radius 2 is 2.19 bits per heavy atom. The summed E-state index contributed by atoms with van der Waals surface area (Å²) in [6.07, 6.45) is 5.29. The van der Waals surface area contributed by atoms with Crippen LogP contribution >= 0.6 is 11.6 Å². The lowest BCUT2D eigenvalue weighted by molar-refractivity contribution is -0.131. The number of amides is 1. The molecule has 0 bridgehead atoms. The van der Waals surface area contributed by atoms with E-state index in [9.17, 15) is 4.79 Å². The molecule has 0 aromatic carbocycles. The molecule has 1 aliphatic rings. The molecule has 0 aliphatic carbocycles. The number of rotatable bonds is 4. The zero-order valence-corrected chi connectivity index (χ0v) is 15.7. The van der Waals surface area contributed by atoms with Gasteiger partial charge in [0.15, 0.2) is 0 Å². The first kappa shape index (κ1) is 18.3. The van der Waals surface area contributed by atoms with Gasteiger partial charge in [0.25, 0.3) is 0 Å². The van der Waals surface area contributed by atoms with Gasteiger partial charge >= 0.3 is 0 Å². The van der Waals surface area contributed by atoms with Gasteiger partial charge in [-0.2, -0.15) is 0 Å². The first-order valence-electron chi connectivity index (χ1n) is 8.60. The molecule has 0 radical (unpaired) electrons. The average Bonchev–Trinajstić information content (AvgIpc) is 2.60. The topological polar surface area (TPSA) is 71.0 Å². The predicted octanol–water partition coefficient (Wildman–Crippen LogP) is 3.86. The van der Waals surface area contributed by atoms with Crippen molar-refractivity contribution in [3.63, 3.8) is 0 Å². The number of aryl methyl sites for hydroxylation is 1. The van der Waals surface area contributed by atoms with Crippen molar-refractivity contribution in [3.8, 4) is 0 Å². The number of carbonyl (C=O) groups is 1. The fourth-order valence-electron chi connectivity index (χ4n) is 3.26. The van der Waals surface area contributed by atoms with Gasteiger partial charge in [0.2, 0.25) is 5.91 Å². The minimum Gasteiger partial charge on any atom is -0.340 e. The maximum atomic E-state index is 11.9. The number of likely N-dealkylation sites (tertiary alicyclic amines) is 1. The van der Waals surface area contributed by atoms with Crippen LogP contribution in [0.5, 0.6) is 0 Å². The van der Waals surface area contributed by atoms with Gasteiger partial charge in [-0.25, -0.2) is 9.97 Å². The molecule has 26 heavy (non-hydrogen) atoms. The van der Waals surface area contributed by atoms with E-state index in [4.69, 9.17) is 11.6 Å². The fourth-order valence-corrected chi connectivity index (χ4v) is 3.45. The second-order valence-electron chi connectivity index (χ2n) is 6.49. The Hall–Kier alpha value is -2.47. The molecule has 2 atom stereocenters. The summed E-state index contributed by atoms with van der Waals surface area (Å²) >= 11 is 6.22. The predicted molar refractivity (Wildman–Crippen MR) is 103 cm³/mol. The lowest BCUT2D eigenvalue weighted by Crippen LogP contribution is -2.44. The summed E-state index contributed by atoms with van der Waals surface area (Å²) in [5.74, 6) is 1.37. The molecule has 0 saturated carbocycles. The van der Waals surface area contributed by atoms with E-state index < -0.39 is 0 Å². The molecule has 3 heterocycles. The maximum Gasteiger partial charge on any atom is 0.219 e. The molecule has 1 saturated heterocycles. The molecule has 2 aromatic rings. The van der Waals surface area contributed by atoms with E-state index in [1.165, 1.54) is 0 Å². The number of nitrogens with one attached hydrogen (secondary N) is 1. The number of carbonyl (C=O) groups excluding carboxylic acids is 1. The van der Waals surface area contributed by atoms with Crippen LogP contribution in [0, 0.1) is 6.92 Å². The third-order valence-corrected chi connectivity index (χ3v) is 4.74. The highest BCUT2D eigenvalue weighted by Gasteiger charge is 2.30. The normalized spacial score (nSPS) is 19.9. The van der Waals surface area contributed by atoms with Gasteiger partial charge in [0.05, 0.1) is 0 Å². The van der Waals surface area contributed by atoms with Gasteiger partial charge in [-0.3, -0.25) is 9.78 Å². The van der Waals surface area contributed by atoms with Crippen LogP contribution in [0.3, 0.4) is 0 Å². The summed E-state index contributed by atoms with van der Waals surface area (Å²) in [5, 5.41) is 3.62. The first-order chi connectivity index (χ1) is 12.5. The van der Waals surface area contributed by atoms with Gasteiger partial charge in [-0.15, -0.1) is 6.58 Å². The smallest absolute Gasteiger partial charge is 0.219 e. The number of pyridine rings is 1. The van der Waals surface area contributed by atoms with Crippen molar-refractivity contribution in [2.24, 2.45) is 0 Å². The van der Waals surface area contributed by atoms with Crippen LogP contribution in [-0.2, 0) is 4.79 Å². The zero-order chi connectivity index (χ0) is 18.7. The van der Waals surface area contributed by atoms with Crippen LogP contribution in [0.4, 0.5) is 11.5 Å². The van der Waals surface area contributed by atoms with Crippen molar-refractivity contribution in [1.29, 1.82) is 0 Å². The molecule has 0 unspecified atom stereocenters. The molecule has 2 aromatic heterocycles. The van der Waals surface area contributed by atoms with Gasteiger partial charge in [0.1, 0.15) is 16.8 Å². The Morgan fingerprint density at radius 3 is 2.88 bits per heavy atom. The van der Waals surface area contributed by atoms with E-state index in [2.05, 4.69) is 26.8 Å². The van der Waals surface area contributed by atoms with E-state index in [-0.39, 0.29) is 17.9 Å². The fraction of sp³-hybridized carbons (Fsp3) is 0.368. The summed E-state index contributed by atoms with van der Waals surface area (Å²) < 4.78 is 0. The van der Waals surface area contributed by atoms with E-state index in [0.29, 0.717) is 23.3 Å². The summed E-state index contributed by atoms with van der Waals surface area (Å²) in [5.41, 5.74) is 1.80. The van der Waals surface area contributed by atoms with Gasteiger partial charge in [-0.05, 0) is 31.9 Å². The SMILES string of the molecule is C=C[C@H]1CC[C@@H](c2nc(Cl)cc(Nc3ccnc(C)c3)n2)CN1C(C)=O. The van der Waals surface area contributed by atoms with Crippen LogP contribution < -0.4 is 5.32 Å². The molecule has 1 aliphatic heterocycles. The highest BCUT2D eigenvalue weighted by atomic mass is 35.5. The second-order valence-corrected chi connectivity index (χ2v) is 6.88. The van der Waals surface area contributed by atoms with E-state index in [0.717, 1.165) is 24.2 Å². The standard InChI is InChI=1S/C19H22ClN5O/c1-4-16-6-5-14(11-25(16)13(3)26)19-23-17(20)10-18(24-19)22-15-7-8-21-12(2)9-15/h4,7-10,14,16H,1,5-6,11H2,2-3H3,(H,21,22,23,24)/t14-,16+/m1/s1. The van der Waals surface area contributed by atoms with Crippen molar-refractivity contribution in [2.45, 2.75) is 38.6 Å². The molecule has 1 fully saturated rings. The number of anilines is 2. The van der Waals surface area contributed by atoms with E-state index in [1.807, 2.05) is 30.0 Å². The quantitative estimate of drug-likeness (QED) is 0.652. The molecule has 136 valence electrons. The molecular formula is C19H22ClN5O. The molecular weight excluding hydrogens is 350 g/mol. The monoisotopic (exact) mass is 371 g/mol. The minimum absolute atomic E-state index is 0.0345. The van der Waals surface area contributed by atoms with E-state index >= 15 is 0 Å². The summed E-state index contributed by atoms with van der Waals surface area (Å²) in [6.45, 7) is 7.91. The van der Waals surface area contributed by atoms with Crippen molar-refractivity contribution in [2.75, 3.05) is 11.9 Å². The molecule has 0 spiro atoms. The molecule has 3 rings (SSSR count). The molecule has 7 heteroatoms. The van der Waals surface area contributed by atoms with Crippen LogP contribution in [0.1, 0.15) is 37.2 Å².